The number of furan rings is 1. The van der Waals surface area contributed by atoms with Crippen LogP contribution in [-0.4, -0.2) is 32.2 Å². The van der Waals surface area contributed by atoms with Gasteiger partial charge in [0.05, 0.1) is 25.2 Å². The molecule has 17 heavy (non-hydrogen) atoms. The second kappa shape index (κ2) is 7.09. The van der Waals surface area contributed by atoms with Crippen LogP contribution in [0.1, 0.15) is 25.5 Å². The second-order valence-electron chi connectivity index (χ2n) is 3.95. The van der Waals surface area contributed by atoms with E-state index in [-0.39, 0.29) is 18.0 Å². The van der Waals surface area contributed by atoms with Crippen LogP contribution >= 0.6 is 0 Å². The summed E-state index contributed by atoms with van der Waals surface area (Å²) in [6.45, 7) is 4.87. The summed E-state index contributed by atoms with van der Waals surface area (Å²) >= 11 is 0. The predicted octanol–water partition coefficient (Wildman–Crippen LogP) is 1.08. The molecule has 5 heteroatoms. The zero-order valence-electron chi connectivity index (χ0n) is 10.5. The highest BCUT2D eigenvalue weighted by molar-refractivity contribution is 5.81. The van der Waals surface area contributed by atoms with Crippen molar-refractivity contribution in [3.05, 3.63) is 24.2 Å². The van der Waals surface area contributed by atoms with Gasteiger partial charge in [-0.05, 0) is 19.9 Å². The summed E-state index contributed by atoms with van der Waals surface area (Å²) in [5.41, 5.74) is 1.03. The van der Waals surface area contributed by atoms with Crippen LogP contribution in [0.5, 0.6) is 0 Å². The van der Waals surface area contributed by atoms with Crippen LogP contribution in [0, 0.1) is 0 Å². The van der Waals surface area contributed by atoms with Gasteiger partial charge in [-0.15, -0.1) is 0 Å². The number of nitrogens with one attached hydrogen (secondary N) is 2. The molecule has 2 atom stereocenters. The van der Waals surface area contributed by atoms with Gasteiger partial charge in [0.1, 0.15) is 0 Å². The number of carbonyl (C=O) groups excluding carboxylic acids is 1. The third kappa shape index (κ3) is 4.58. The molecule has 1 amide bonds. The lowest BCUT2D eigenvalue weighted by molar-refractivity contribution is -0.123. The standard InChI is InChI=1S/C12H20N2O3/c1-9(11-4-6-17-8-11)14-10(2)12(15)13-5-7-16-3/h4,6,8-10,14H,5,7H2,1-3H3,(H,13,15). The molecule has 1 aromatic heterocycles. The number of hydrogen-bond acceptors (Lipinski definition) is 4. The molecule has 0 bridgehead atoms. The number of methoxy groups -OCH3 is 1. The maximum absolute atomic E-state index is 11.7. The average Bonchev–Trinajstić information content (AvgIpc) is 2.82. The van der Waals surface area contributed by atoms with E-state index in [0.29, 0.717) is 13.2 Å². The lowest BCUT2D eigenvalue weighted by Crippen LogP contribution is -2.43. The molecule has 0 aromatic carbocycles. The fourth-order valence-corrected chi connectivity index (χ4v) is 1.50. The van der Waals surface area contributed by atoms with Crippen molar-refractivity contribution in [3.8, 4) is 0 Å². The first kappa shape index (κ1) is 13.7. The monoisotopic (exact) mass is 240 g/mol. The second-order valence-corrected chi connectivity index (χ2v) is 3.95. The molecule has 0 saturated heterocycles. The Labute approximate surface area is 102 Å². The Morgan fingerprint density at radius 3 is 2.88 bits per heavy atom. The van der Waals surface area contributed by atoms with Crippen LogP contribution in [-0.2, 0) is 9.53 Å². The van der Waals surface area contributed by atoms with Gasteiger partial charge in [0, 0.05) is 25.3 Å². The van der Waals surface area contributed by atoms with E-state index in [1.165, 1.54) is 0 Å². The van der Waals surface area contributed by atoms with Crippen molar-refractivity contribution < 1.29 is 13.9 Å². The van der Waals surface area contributed by atoms with E-state index in [9.17, 15) is 4.79 Å². The molecule has 0 fully saturated rings. The third-order valence-corrected chi connectivity index (χ3v) is 2.54. The zero-order chi connectivity index (χ0) is 12.7. The molecule has 0 aliphatic heterocycles. The molecule has 5 nitrogen and oxygen atoms in total. The number of amides is 1. The summed E-state index contributed by atoms with van der Waals surface area (Å²) in [7, 11) is 1.61. The summed E-state index contributed by atoms with van der Waals surface area (Å²) in [5, 5.41) is 5.98. The number of carbonyl (C=O) groups is 1. The highest BCUT2D eigenvalue weighted by Crippen LogP contribution is 2.12. The van der Waals surface area contributed by atoms with Crippen LogP contribution in [0.4, 0.5) is 0 Å². The van der Waals surface area contributed by atoms with E-state index >= 15 is 0 Å². The SMILES string of the molecule is COCCNC(=O)C(C)NC(C)c1ccoc1. The fraction of sp³-hybridized carbons (Fsp3) is 0.583. The average molecular weight is 240 g/mol. The minimum Gasteiger partial charge on any atom is -0.472 e. The normalized spacial score (nSPS) is 14.3. The molecule has 96 valence electrons. The van der Waals surface area contributed by atoms with Crippen LogP contribution < -0.4 is 10.6 Å². The summed E-state index contributed by atoms with van der Waals surface area (Å²) in [4.78, 5) is 11.7. The Kier molecular flexibility index (Phi) is 5.72. The maximum atomic E-state index is 11.7. The van der Waals surface area contributed by atoms with Crippen LogP contribution in [0.3, 0.4) is 0 Å². The Morgan fingerprint density at radius 1 is 1.53 bits per heavy atom. The summed E-state index contributed by atoms with van der Waals surface area (Å²) < 4.78 is 9.86. The van der Waals surface area contributed by atoms with E-state index in [2.05, 4.69) is 10.6 Å². The highest BCUT2D eigenvalue weighted by atomic mass is 16.5. The molecular formula is C12H20N2O3. The quantitative estimate of drug-likeness (QED) is 0.700. The van der Waals surface area contributed by atoms with E-state index in [1.807, 2.05) is 19.9 Å². The first-order valence-corrected chi connectivity index (χ1v) is 5.70. The first-order valence-electron chi connectivity index (χ1n) is 5.70. The molecule has 0 saturated carbocycles. The zero-order valence-corrected chi connectivity index (χ0v) is 10.5. The Balaban J connectivity index is 2.32. The van der Waals surface area contributed by atoms with Gasteiger partial charge >= 0.3 is 0 Å². The Hall–Kier alpha value is -1.33. The van der Waals surface area contributed by atoms with Gasteiger partial charge in [0.15, 0.2) is 0 Å². The van der Waals surface area contributed by atoms with Gasteiger partial charge in [-0.1, -0.05) is 0 Å². The lowest BCUT2D eigenvalue weighted by atomic mass is 10.1. The number of hydrogen-bond donors (Lipinski definition) is 2. The topological polar surface area (TPSA) is 63.5 Å². The first-order chi connectivity index (χ1) is 8.15. The smallest absolute Gasteiger partial charge is 0.236 e. The van der Waals surface area contributed by atoms with Crippen molar-refractivity contribution in [2.45, 2.75) is 25.9 Å². The molecule has 1 aromatic rings. The maximum Gasteiger partial charge on any atom is 0.236 e. The van der Waals surface area contributed by atoms with Crippen molar-refractivity contribution >= 4 is 5.91 Å². The molecule has 1 heterocycles. The van der Waals surface area contributed by atoms with Gasteiger partial charge in [-0.2, -0.15) is 0 Å². The Morgan fingerprint density at radius 2 is 2.29 bits per heavy atom. The molecule has 1 rings (SSSR count). The summed E-state index contributed by atoms with van der Waals surface area (Å²) in [6, 6.07) is 1.71. The lowest BCUT2D eigenvalue weighted by Gasteiger charge is -2.18. The fourth-order valence-electron chi connectivity index (χ4n) is 1.50. The summed E-state index contributed by atoms with van der Waals surface area (Å²) in [6.07, 6.45) is 3.30. The van der Waals surface area contributed by atoms with Crippen molar-refractivity contribution in [1.82, 2.24) is 10.6 Å². The van der Waals surface area contributed by atoms with Crippen molar-refractivity contribution in [3.63, 3.8) is 0 Å². The molecule has 0 radical (unpaired) electrons. The largest absolute Gasteiger partial charge is 0.472 e. The van der Waals surface area contributed by atoms with Crippen LogP contribution in [0.25, 0.3) is 0 Å². The van der Waals surface area contributed by atoms with E-state index < -0.39 is 0 Å². The van der Waals surface area contributed by atoms with Gasteiger partial charge in [0.2, 0.25) is 5.91 Å². The van der Waals surface area contributed by atoms with Gasteiger partial charge < -0.3 is 14.5 Å². The molecule has 2 N–H and O–H groups in total. The number of rotatable bonds is 7. The van der Waals surface area contributed by atoms with Crippen molar-refractivity contribution in [1.29, 1.82) is 0 Å². The van der Waals surface area contributed by atoms with E-state index in [4.69, 9.17) is 9.15 Å². The molecule has 0 aliphatic carbocycles. The minimum atomic E-state index is -0.253. The summed E-state index contributed by atoms with van der Waals surface area (Å²) in [5.74, 6) is -0.0302. The van der Waals surface area contributed by atoms with E-state index in [1.54, 1.807) is 19.6 Å². The van der Waals surface area contributed by atoms with Crippen molar-refractivity contribution in [2.24, 2.45) is 0 Å². The highest BCUT2D eigenvalue weighted by Gasteiger charge is 2.16. The third-order valence-electron chi connectivity index (χ3n) is 2.54. The molecular weight excluding hydrogens is 220 g/mol. The van der Waals surface area contributed by atoms with Crippen molar-refractivity contribution in [2.75, 3.05) is 20.3 Å². The molecule has 0 spiro atoms. The van der Waals surface area contributed by atoms with Gasteiger partial charge in [-0.25, -0.2) is 0 Å². The van der Waals surface area contributed by atoms with Crippen LogP contribution in [0.15, 0.2) is 23.0 Å². The predicted molar refractivity (Wildman–Crippen MR) is 64.6 cm³/mol. The van der Waals surface area contributed by atoms with Gasteiger partial charge in [-0.3, -0.25) is 10.1 Å². The van der Waals surface area contributed by atoms with Gasteiger partial charge in [0.25, 0.3) is 0 Å². The number of ether oxygens (including phenoxy) is 1. The molecule has 0 aliphatic rings. The Bertz CT molecular complexity index is 325. The molecule has 2 unspecified atom stereocenters. The minimum absolute atomic E-state index is 0.0302. The van der Waals surface area contributed by atoms with Crippen LogP contribution in [0.2, 0.25) is 0 Å². The van der Waals surface area contributed by atoms with E-state index in [0.717, 1.165) is 5.56 Å².